The predicted molar refractivity (Wildman–Crippen MR) is 319 cm³/mol. The predicted octanol–water partition coefficient (Wildman–Crippen LogP) is 12.6. The molecule has 0 N–H and O–H groups in total. The molecule has 3 fully saturated rings. The summed E-state index contributed by atoms with van der Waals surface area (Å²) < 4.78 is 38.2. The molecule has 18 nitrogen and oxygen atoms in total. The molecule has 3 aliphatic rings. The van der Waals surface area contributed by atoms with Crippen molar-refractivity contribution in [1.82, 2.24) is 19.9 Å². The second-order valence-corrected chi connectivity index (χ2v) is 25.4. The maximum atomic E-state index is 15.5. The molecule has 6 aromatic rings. The second kappa shape index (κ2) is 23.8. The lowest BCUT2D eigenvalue weighted by Crippen LogP contribution is -2.59. The van der Waals surface area contributed by atoms with E-state index in [4.69, 9.17) is 40.0 Å². The number of nitrogens with zero attached hydrogens (tertiary/aromatic N) is 5. The van der Waals surface area contributed by atoms with Gasteiger partial charge in [0.25, 0.3) is 5.88 Å². The van der Waals surface area contributed by atoms with E-state index in [1.54, 1.807) is 130 Å². The summed E-state index contributed by atoms with van der Waals surface area (Å²) in [5.74, 6) is -5.00. The number of ketones is 6. The SMILES string of the molecule is CCc1ccc(Oc2ncc(Cl)cc2[N+](C)=O)cc1C1C(=O)C(C)(C)OC(C)(CCCc2ccc(Oc3ccc(C)cn3)cc2C2C(=O)C(C)(C)OC(C)(CCCc3ccc(Oc4cnccn4)cc3C3C(=O)C(C)(C)OC(C)(C)C3=O)C2=O)C1=O. The molecule has 86 heavy (non-hydrogen) atoms. The van der Waals surface area contributed by atoms with Gasteiger partial charge in [0.15, 0.2) is 41.7 Å². The number of pyridine rings is 2. The maximum absolute atomic E-state index is 15.5. The molecule has 3 saturated heterocycles. The van der Waals surface area contributed by atoms with Gasteiger partial charge in [-0.25, -0.2) is 15.0 Å². The Morgan fingerprint density at radius 1 is 0.512 bits per heavy atom. The van der Waals surface area contributed by atoms with Gasteiger partial charge < -0.3 is 28.4 Å². The molecule has 0 spiro atoms. The van der Waals surface area contributed by atoms with Crippen LogP contribution in [0.1, 0.15) is 159 Å². The standard InChI is InChI=1S/C67H73ClN5O13/c1-14-39-20-23-45(83-61-49(73(13)80)31-42(68)36-72-61)34-46(39)53-57(76)64(7,8)85-66(11,59(53)78)27-16-18-41-21-24-43(81-50-26-19-38(2)35-71-50)32-48(41)54-58(77)65(9,10)86-67(12,60(54)79)28-15-17-40-22-25-44(82-51-37-69-29-30-70-51)33-47(40)52-55(74)62(3,4)84-63(5,6)56(52)75/h19-26,29-37,52-54H,14-18,27-28H2,1-13H3/q+1. The highest BCUT2D eigenvalue weighted by molar-refractivity contribution is 6.30. The van der Waals surface area contributed by atoms with Crippen LogP contribution in [0.2, 0.25) is 5.02 Å². The van der Waals surface area contributed by atoms with Gasteiger partial charge in [-0.15, -0.1) is 0 Å². The first-order valence-corrected chi connectivity index (χ1v) is 29.3. The van der Waals surface area contributed by atoms with Gasteiger partial charge in [-0.3, -0.25) is 33.8 Å². The van der Waals surface area contributed by atoms with Crippen molar-refractivity contribution in [3.8, 4) is 34.9 Å². The molecule has 4 unspecified atom stereocenters. The number of carbonyl (C=O) groups excluding carboxylic acids is 6. The van der Waals surface area contributed by atoms with Crippen LogP contribution >= 0.6 is 11.6 Å². The number of hydrogen-bond acceptors (Lipinski definition) is 17. The van der Waals surface area contributed by atoms with Crippen LogP contribution in [-0.4, -0.2) is 100 Å². The fourth-order valence-electron chi connectivity index (χ4n) is 12.3. The monoisotopic (exact) mass is 1190 g/mol. The van der Waals surface area contributed by atoms with E-state index in [2.05, 4.69) is 19.9 Å². The van der Waals surface area contributed by atoms with Crippen molar-refractivity contribution in [3.05, 3.63) is 153 Å². The molecule has 450 valence electrons. The zero-order chi connectivity index (χ0) is 62.5. The average molecular weight is 1190 g/mol. The number of halogens is 1. The molecule has 9 rings (SSSR count). The molecule has 3 aliphatic heterocycles. The Hall–Kier alpha value is -7.77. The van der Waals surface area contributed by atoms with Crippen LogP contribution in [0.4, 0.5) is 5.69 Å². The molecule has 0 radical (unpaired) electrons. The third-order valence-electron chi connectivity index (χ3n) is 16.5. The van der Waals surface area contributed by atoms with E-state index in [0.29, 0.717) is 75.6 Å². The van der Waals surface area contributed by atoms with Crippen molar-refractivity contribution in [2.45, 2.75) is 179 Å². The Morgan fingerprint density at radius 3 is 1.42 bits per heavy atom. The minimum absolute atomic E-state index is 0.0163. The number of rotatable bonds is 19. The van der Waals surface area contributed by atoms with Gasteiger partial charge >= 0.3 is 5.69 Å². The molecule has 0 amide bonds. The summed E-state index contributed by atoms with van der Waals surface area (Å²) in [6, 6.07) is 20.6. The highest BCUT2D eigenvalue weighted by Gasteiger charge is 2.58. The largest absolute Gasteiger partial charge is 0.439 e. The Morgan fingerprint density at radius 2 is 0.965 bits per heavy atom. The van der Waals surface area contributed by atoms with E-state index in [0.717, 1.165) is 11.1 Å². The van der Waals surface area contributed by atoms with Crippen molar-refractivity contribution in [2.24, 2.45) is 0 Å². The lowest BCUT2D eigenvalue weighted by molar-refractivity contribution is -0.429. The number of ether oxygens (including phenoxy) is 6. The lowest BCUT2D eigenvalue weighted by atomic mass is 9.70. The van der Waals surface area contributed by atoms with Crippen molar-refractivity contribution < 1.29 is 61.9 Å². The first-order chi connectivity index (χ1) is 40.4. The molecular formula is C67H73ClN5O13+. The zero-order valence-corrected chi connectivity index (χ0v) is 51.7. The van der Waals surface area contributed by atoms with E-state index in [9.17, 15) is 24.1 Å². The van der Waals surface area contributed by atoms with E-state index in [1.807, 2.05) is 26.0 Å². The minimum atomic E-state index is -1.53. The van der Waals surface area contributed by atoms with Crippen molar-refractivity contribution in [2.75, 3.05) is 7.05 Å². The van der Waals surface area contributed by atoms with Crippen LogP contribution in [0.15, 0.2) is 104 Å². The smallest absolute Gasteiger partial charge is 0.319 e. The number of benzene rings is 3. The fourth-order valence-corrected chi connectivity index (χ4v) is 12.4. The normalized spacial score (nSPS) is 22.6. The number of aromatic nitrogens is 4. The highest BCUT2D eigenvalue weighted by Crippen LogP contribution is 2.47. The quantitative estimate of drug-likeness (QED) is 0.0542. The van der Waals surface area contributed by atoms with Gasteiger partial charge in [-0.1, -0.05) is 42.8 Å². The van der Waals surface area contributed by atoms with Gasteiger partial charge in [-0.2, -0.15) is 0 Å². The van der Waals surface area contributed by atoms with E-state index in [-0.39, 0.29) is 47.5 Å². The fraction of sp³-hybridized carbons (Fsp3) is 0.433. The topological polar surface area (TPSA) is 229 Å². The molecule has 0 saturated carbocycles. The molecule has 0 bridgehead atoms. The van der Waals surface area contributed by atoms with Crippen LogP contribution in [0.25, 0.3) is 0 Å². The van der Waals surface area contributed by atoms with Gasteiger partial charge in [-0.05, 0) is 196 Å². The average Bonchev–Trinajstić information content (AvgIpc) is 0.780. The molecule has 3 aromatic carbocycles. The maximum Gasteiger partial charge on any atom is 0.319 e. The number of Topliss-reactive ketones (excluding diaryl/α,β-unsaturated/α-hetero) is 6. The summed E-state index contributed by atoms with van der Waals surface area (Å²) in [4.78, 5) is 118. The van der Waals surface area contributed by atoms with E-state index >= 15 is 9.59 Å². The minimum Gasteiger partial charge on any atom is -0.439 e. The number of hydrogen-bond donors (Lipinski definition) is 0. The summed E-state index contributed by atoms with van der Waals surface area (Å²) in [7, 11) is 1.29. The summed E-state index contributed by atoms with van der Waals surface area (Å²) in [6.07, 6.45) is 9.43. The van der Waals surface area contributed by atoms with Gasteiger partial charge in [0.1, 0.15) is 68.6 Å². The first kappa shape index (κ1) is 62.8. The van der Waals surface area contributed by atoms with Crippen LogP contribution < -0.4 is 14.2 Å². The van der Waals surface area contributed by atoms with Crippen LogP contribution in [-0.2, 0) is 62.2 Å². The molecular weight excluding hydrogens is 1120 g/mol. The molecule has 0 aliphatic carbocycles. The third-order valence-corrected chi connectivity index (χ3v) is 16.8. The number of carbonyl (C=O) groups is 6. The van der Waals surface area contributed by atoms with Crippen LogP contribution in [0.5, 0.6) is 34.9 Å². The van der Waals surface area contributed by atoms with Crippen molar-refractivity contribution >= 4 is 52.0 Å². The Kier molecular flexibility index (Phi) is 17.4. The van der Waals surface area contributed by atoms with Gasteiger partial charge in [0.05, 0.1) is 17.4 Å². The highest BCUT2D eigenvalue weighted by atomic mass is 35.5. The van der Waals surface area contributed by atoms with Gasteiger partial charge in [0, 0.05) is 40.4 Å². The molecule has 19 heteroatoms. The third kappa shape index (κ3) is 12.7. The first-order valence-electron chi connectivity index (χ1n) is 28.9. The number of aryl methyl sites for hydroxylation is 4. The zero-order valence-electron chi connectivity index (χ0n) is 50.9. The molecule has 4 atom stereocenters. The Bertz CT molecular complexity index is 3670. The summed E-state index contributed by atoms with van der Waals surface area (Å²) in [5, 5.41) is 0.234. The molecule has 3 aromatic heterocycles. The van der Waals surface area contributed by atoms with E-state index in [1.165, 1.54) is 37.9 Å². The van der Waals surface area contributed by atoms with Crippen molar-refractivity contribution in [1.29, 1.82) is 0 Å². The summed E-state index contributed by atoms with van der Waals surface area (Å²) in [6.45, 7) is 20.4. The lowest BCUT2D eigenvalue weighted by Gasteiger charge is -2.45. The summed E-state index contributed by atoms with van der Waals surface area (Å²) >= 11 is 6.16. The van der Waals surface area contributed by atoms with Crippen LogP contribution in [0, 0.1) is 11.8 Å². The number of nitroso groups, excluding NO2 is 1. The van der Waals surface area contributed by atoms with Gasteiger partial charge in [0.2, 0.25) is 11.8 Å². The van der Waals surface area contributed by atoms with Crippen molar-refractivity contribution in [3.63, 3.8) is 0 Å². The molecule has 6 heterocycles. The second-order valence-electron chi connectivity index (χ2n) is 24.9. The summed E-state index contributed by atoms with van der Waals surface area (Å²) in [5.41, 5.74) is -4.17. The Labute approximate surface area is 505 Å². The Balaban J connectivity index is 1.01. The van der Waals surface area contributed by atoms with E-state index < -0.39 is 86.1 Å². The van der Waals surface area contributed by atoms with Crippen LogP contribution in [0.3, 0.4) is 0 Å².